The van der Waals surface area contributed by atoms with E-state index in [9.17, 15) is 0 Å². The Labute approximate surface area is 94.8 Å². The molecule has 0 unspecified atom stereocenters. The minimum Gasteiger partial charge on any atom is -0.278 e. The summed E-state index contributed by atoms with van der Waals surface area (Å²) in [6.07, 6.45) is 4.46. The Morgan fingerprint density at radius 1 is 1.62 bits per heavy atom. The van der Waals surface area contributed by atoms with Gasteiger partial charge in [-0.25, -0.2) is 0 Å². The second-order valence-corrected chi connectivity index (χ2v) is 6.19. The standard InChI is InChI=1S/C9H10BrNS2/c1-12-9-6-5-8(10)13-7(6)3-2-4-11-9/h5H,2-4H2,1H3. The fourth-order valence-electron chi connectivity index (χ4n) is 1.44. The summed E-state index contributed by atoms with van der Waals surface area (Å²) in [7, 11) is 0. The van der Waals surface area contributed by atoms with Gasteiger partial charge >= 0.3 is 0 Å². The lowest BCUT2D eigenvalue weighted by Crippen LogP contribution is -1.93. The van der Waals surface area contributed by atoms with Crippen LogP contribution >= 0.6 is 39.0 Å². The molecule has 1 aromatic rings. The average molecular weight is 276 g/mol. The molecule has 0 N–H and O–H groups in total. The van der Waals surface area contributed by atoms with E-state index in [2.05, 4.69) is 33.2 Å². The van der Waals surface area contributed by atoms with Gasteiger partial charge in [-0.05, 0) is 41.1 Å². The smallest absolute Gasteiger partial charge is 0.0985 e. The van der Waals surface area contributed by atoms with Crippen LogP contribution in [0.5, 0.6) is 0 Å². The van der Waals surface area contributed by atoms with E-state index < -0.39 is 0 Å². The quantitative estimate of drug-likeness (QED) is 0.705. The number of halogens is 1. The summed E-state index contributed by atoms with van der Waals surface area (Å²) in [6.45, 7) is 0.981. The molecule has 4 heteroatoms. The fraction of sp³-hybridized carbons (Fsp3) is 0.444. The summed E-state index contributed by atoms with van der Waals surface area (Å²) in [5.41, 5.74) is 1.35. The van der Waals surface area contributed by atoms with Gasteiger partial charge in [-0.3, -0.25) is 4.99 Å². The molecule has 1 nitrogen and oxygen atoms in total. The van der Waals surface area contributed by atoms with Crippen LogP contribution in [0.3, 0.4) is 0 Å². The van der Waals surface area contributed by atoms with Crippen LogP contribution in [0.15, 0.2) is 14.8 Å². The van der Waals surface area contributed by atoms with Crippen molar-refractivity contribution in [2.24, 2.45) is 4.99 Å². The Bertz CT molecular complexity index is 343. The van der Waals surface area contributed by atoms with Crippen LogP contribution in [-0.2, 0) is 6.42 Å². The molecule has 0 spiro atoms. The van der Waals surface area contributed by atoms with Gasteiger partial charge in [0.1, 0.15) is 0 Å². The van der Waals surface area contributed by atoms with E-state index in [1.165, 1.54) is 32.1 Å². The first-order valence-corrected chi connectivity index (χ1v) is 7.01. The molecule has 1 aromatic heterocycles. The van der Waals surface area contributed by atoms with Crippen molar-refractivity contribution in [1.82, 2.24) is 0 Å². The van der Waals surface area contributed by atoms with Crippen LogP contribution in [0.2, 0.25) is 0 Å². The summed E-state index contributed by atoms with van der Waals surface area (Å²) < 4.78 is 1.22. The Hall–Kier alpha value is 0.200. The monoisotopic (exact) mass is 275 g/mol. The highest BCUT2D eigenvalue weighted by Crippen LogP contribution is 2.32. The number of thioether (sulfide) groups is 1. The third-order valence-corrected chi connectivity index (χ3v) is 4.45. The molecule has 0 radical (unpaired) electrons. The van der Waals surface area contributed by atoms with Crippen molar-refractivity contribution in [2.45, 2.75) is 12.8 Å². The summed E-state index contributed by atoms with van der Waals surface area (Å²) >= 11 is 7.12. The van der Waals surface area contributed by atoms with Gasteiger partial charge in [0, 0.05) is 17.0 Å². The van der Waals surface area contributed by atoms with Crippen molar-refractivity contribution >= 4 is 44.1 Å². The van der Waals surface area contributed by atoms with Crippen LogP contribution in [-0.4, -0.2) is 17.8 Å². The molecule has 0 saturated heterocycles. The topological polar surface area (TPSA) is 12.4 Å². The number of rotatable bonds is 0. The van der Waals surface area contributed by atoms with Crippen molar-refractivity contribution in [1.29, 1.82) is 0 Å². The zero-order valence-electron chi connectivity index (χ0n) is 7.34. The Kier molecular flexibility index (Phi) is 3.11. The van der Waals surface area contributed by atoms with Gasteiger partial charge < -0.3 is 0 Å². The number of fused-ring (bicyclic) bond motifs is 1. The highest BCUT2D eigenvalue weighted by molar-refractivity contribution is 9.11. The first-order valence-electron chi connectivity index (χ1n) is 4.18. The van der Waals surface area contributed by atoms with Crippen molar-refractivity contribution in [3.05, 3.63) is 20.3 Å². The molecule has 1 aliphatic heterocycles. The minimum atomic E-state index is 0.981. The van der Waals surface area contributed by atoms with Crippen molar-refractivity contribution in [3.8, 4) is 0 Å². The van der Waals surface area contributed by atoms with E-state index in [0.717, 1.165) is 6.54 Å². The molecule has 0 aliphatic carbocycles. The molecule has 0 saturated carbocycles. The molecule has 13 heavy (non-hydrogen) atoms. The van der Waals surface area contributed by atoms with E-state index in [-0.39, 0.29) is 0 Å². The van der Waals surface area contributed by atoms with Gasteiger partial charge in [0.05, 0.1) is 8.83 Å². The van der Waals surface area contributed by atoms with Crippen LogP contribution in [0.25, 0.3) is 0 Å². The van der Waals surface area contributed by atoms with Crippen LogP contribution in [0, 0.1) is 0 Å². The lowest BCUT2D eigenvalue weighted by atomic mass is 10.2. The molecule has 0 atom stereocenters. The lowest BCUT2D eigenvalue weighted by molar-refractivity contribution is 0.855. The average Bonchev–Trinajstić information content (AvgIpc) is 2.37. The largest absolute Gasteiger partial charge is 0.278 e. The Morgan fingerprint density at radius 3 is 3.23 bits per heavy atom. The van der Waals surface area contributed by atoms with Crippen LogP contribution < -0.4 is 0 Å². The molecule has 1 aliphatic rings. The third-order valence-electron chi connectivity index (χ3n) is 2.02. The van der Waals surface area contributed by atoms with Gasteiger partial charge in [-0.2, -0.15) is 0 Å². The van der Waals surface area contributed by atoms with Gasteiger partial charge in [0.25, 0.3) is 0 Å². The zero-order valence-corrected chi connectivity index (χ0v) is 10.6. The maximum Gasteiger partial charge on any atom is 0.0985 e. The fourth-order valence-corrected chi connectivity index (χ4v) is 3.87. The first kappa shape index (κ1) is 9.74. The molecule has 0 fully saturated rings. The second kappa shape index (κ2) is 4.15. The number of thiophene rings is 1. The lowest BCUT2D eigenvalue weighted by Gasteiger charge is -1.98. The van der Waals surface area contributed by atoms with Crippen LogP contribution in [0.1, 0.15) is 16.9 Å². The summed E-state index contributed by atoms with van der Waals surface area (Å²) in [5, 5.41) is 1.20. The van der Waals surface area contributed by atoms with Gasteiger partial charge in [0.2, 0.25) is 0 Å². The highest BCUT2D eigenvalue weighted by Gasteiger charge is 2.14. The first-order chi connectivity index (χ1) is 6.31. The Morgan fingerprint density at radius 2 is 2.46 bits per heavy atom. The molecule has 0 aromatic carbocycles. The van der Waals surface area contributed by atoms with Crippen molar-refractivity contribution in [3.63, 3.8) is 0 Å². The van der Waals surface area contributed by atoms with Gasteiger partial charge in [-0.15, -0.1) is 23.1 Å². The Balaban J connectivity index is 2.46. The number of hydrogen-bond acceptors (Lipinski definition) is 3. The number of aliphatic imine (C=N–C) groups is 1. The van der Waals surface area contributed by atoms with Gasteiger partial charge in [-0.1, -0.05) is 0 Å². The van der Waals surface area contributed by atoms with E-state index in [4.69, 9.17) is 0 Å². The number of aryl methyl sites for hydroxylation is 1. The van der Waals surface area contributed by atoms with Crippen molar-refractivity contribution < 1.29 is 0 Å². The van der Waals surface area contributed by atoms with E-state index in [1.807, 2.05) is 11.3 Å². The maximum atomic E-state index is 4.56. The minimum absolute atomic E-state index is 0.981. The van der Waals surface area contributed by atoms with E-state index in [0.29, 0.717) is 0 Å². The van der Waals surface area contributed by atoms with E-state index in [1.54, 1.807) is 11.8 Å². The molecule has 70 valence electrons. The number of hydrogen-bond donors (Lipinski definition) is 0. The molecular weight excluding hydrogens is 266 g/mol. The van der Waals surface area contributed by atoms with Gasteiger partial charge in [0.15, 0.2) is 0 Å². The molecular formula is C9H10BrNS2. The summed E-state index contributed by atoms with van der Waals surface area (Å²) in [5.74, 6) is 0. The maximum absolute atomic E-state index is 4.56. The number of nitrogens with zero attached hydrogens (tertiary/aromatic N) is 1. The summed E-state index contributed by atoms with van der Waals surface area (Å²) in [4.78, 5) is 6.05. The third kappa shape index (κ3) is 2.00. The molecule has 2 rings (SSSR count). The summed E-state index contributed by atoms with van der Waals surface area (Å²) in [6, 6.07) is 2.20. The predicted molar refractivity (Wildman–Crippen MR) is 65.3 cm³/mol. The highest BCUT2D eigenvalue weighted by atomic mass is 79.9. The second-order valence-electron chi connectivity index (χ2n) is 2.88. The SMILES string of the molecule is CSC1=NCCCc2sc(Br)cc21. The zero-order chi connectivity index (χ0) is 9.26. The normalized spacial score (nSPS) is 16.3. The molecule has 0 bridgehead atoms. The van der Waals surface area contributed by atoms with E-state index >= 15 is 0 Å². The van der Waals surface area contributed by atoms with Crippen LogP contribution in [0.4, 0.5) is 0 Å². The van der Waals surface area contributed by atoms with Crippen molar-refractivity contribution in [2.75, 3.05) is 12.8 Å². The molecule has 0 amide bonds. The predicted octanol–water partition coefficient (Wildman–Crippen LogP) is 3.57. The molecule has 2 heterocycles.